The van der Waals surface area contributed by atoms with Crippen molar-refractivity contribution >= 4 is 51.9 Å². The Hall–Kier alpha value is -3.50. The predicted molar refractivity (Wildman–Crippen MR) is 162 cm³/mol. The van der Waals surface area contributed by atoms with Crippen molar-refractivity contribution in [3.05, 3.63) is 75.0 Å². The number of thiocarbonyl (C=S) groups is 1. The maximum absolute atomic E-state index is 13.5. The molecule has 1 N–H and O–H groups in total. The van der Waals surface area contributed by atoms with Gasteiger partial charge in [0, 0.05) is 19.2 Å². The number of aliphatic carboxylic acids is 1. The Labute approximate surface area is 243 Å². The van der Waals surface area contributed by atoms with Gasteiger partial charge in [-0.15, -0.1) is 0 Å². The number of hydrogen-bond acceptors (Lipinski definition) is 7. The summed E-state index contributed by atoms with van der Waals surface area (Å²) in [6, 6.07) is 12.7. The molecule has 1 amide bonds. The van der Waals surface area contributed by atoms with Crippen molar-refractivity contribution in [2.75, 3.05) is 6.54 Å². The summed E-state index contributed by atoms with van der Waals surface area (Å²) in [7, 11) is 0. The van der Waals surface area contributed by atoms with Gasteiger partial charge in [0.2, 0.25) is 5.88 Å². The van der Waals surface area contributed by atoms with Gasteiger partial charge in [-0.1, -0.05) is 80.7 Å². The average Bonchev–Trinajstić information content (AvgIpc) is 3.19. The van der Waals surface area contributed by atoms with E-state index in [1.54, 1.807) is 41.4 Å². The van der Waals surface area contributed by atoms with Crippen molar-refractivity contribution in [1.29, 1.82) is 0 Å². The van der Waals surface area contributed by atoms with E-state index >= 15 is 0 Å². The maximum Gasteiger partial charge on any atom is 0.303 e. The van der Waals surface area contributed by atoms with Gasteiger partial charge in [-0.3, -0.25) is 23.7 Å². The van der Waals surface area contributed by atoms with Gasteiger partial charge in [0.05, 0.1) is 4.91 Å². The standard InChI is InChI=1S/C30H33N3O5S2/c1-21-13-12-14-22(19-21)38-27-23(28(36)32-17-11-9-15-25(32)31-27)20-24-29(37)33(30(39)40-24)18-10-7-5-3-2-4-6-8-16-26(34)35/h9,11-15,17,19-20H,2-8,10,16,18H2,1H3,(H,34,35)/b24-20+. The van der Waals surface area contributed by atoms with Crippen LogP contribution >= 0.6 is 24.0 Å². The molecule has 0 saturated carbocycles. The molecule has 0 bridgehead atoms. The van der Waals surface area contributed by atoms with E-state index in [1.165, 1.54) is 16.2 Å². The number of amides is 1. The second-order valence-electron chi connectivity index (χ2n) is 9.79. The van der Waals surface area contributed by atoms with Gasteiger partial charge in [-0.2, -0.15) is 4.98 Å². The number of carboxylic acid groups (broad SMARTS) is 1. The molecule has 1 fully saturated rings. The Kier molecular flexibility index (Phi) is 10.5. The highest BCUT2D eigenvalue weighted by atomic mass is 32.2. The van der Waals surface area contributed by atoms with Crippen LogP contribution in [0, 0.1) is 6.92 Å². The van der Waals surface area contributed by atoms with Crippen LogP contribution in [0.1, 0.15) is 68.9 Å². The summed E-state index contributed by atoms with van der Waals surface area (Å²) in [6.07, 6.45) is 11.2. The summed E-state index contributed by atoms with van der Waals surface area (Å²) in [5.41, 5.74) is 1.31. The van der Waals surface area contributed by atoms with Gasteiger partial charge < -0.3 is 9.84 Å². The average molecular weight is 580 g/mol. The zero-order valence-corrected chi connectivity index (χ0v) is 24.1. The first-order valence-corrected chi connectivity index (χ1v) is 14.8. The molecule has 210 valence electrons. The highest BCUT2D eigenvalue weighted by Gasteiger charge is 2.32. The van der Waals surface area contributed by atoms with E-state index in [0.29, 0.717) is 27.2 Å². The number of aryl methyl sites for hydroxylation is 1. The first kappa shape index (κ1) is 29.5. The van der Waals surface area contributed by atoms with Gasteiger partial charge >= 0.3 is 5.97 Å². The quantitative estimate of drug-likeness (QED) is 0.130. The van der Waals surface area contributed by atoms with E-state index in [9.17, 15) is 14.4 Å². The molecular formula is C30H33N3O5S2. The summed E-state index contributed by atoms with van der Waals surface area (Å²) in [5, 5.41) is 8.69. The molecule has 0 aliphatic carbocycles. The van der Waals surface area contributed by atoms with E-state index in [4.69, 9.17) is 22.1 Å². The number of carboxylic acids is 1. The minimum atomic E-state index is -0.733. The lowest BCUT2D eigenvalue weighted by molar-refractivity contribution is -0.137. The van der Waals surface area contributed by atoms with Crippen molar-refractivity contribution < 1.29 is 19.4 Å². The van der Waals surface area contributed by atoms with Crippen LogP contribution in [0.5, 0.6) is 11.6 Å². The zero-order chi connectivity index (χ0) is 28.5. The molecule has 1 aliphatic heterocycles. The van der Waals surface area contributed by atoms with Gasteiger partial charge in [-0.05, 0) is 55.7 Å². The van der Waals surface area contributed by atoms with Crippen LogP contribution < -0.4 is 10.3 Å². The third-order valence-electron chi connectivity index (χ3n) is 6.61. The second-order valence-corrected chi connectivity index (χ2v) is 11.5. The molecule has 2 aromatic heterocycles. The minimum Gasteiger partial charge on any atom is -0.481 e. The number of rotatable bonds is 14. The van der Waals surface area contributed by atoms with Crippen LogP contribution in [0.3, 0.4) is 0 Å². The number of ether oxygens (including phenoxy) is 1. The fraction of sp³-hybridized carbons (Fsp3) is 0.367. The molecule has 1 aliphatic rings. The number of pyridine rings is 1. The molecule has 4 rings (SSSR count). The van der Waals surface area contributed by atoms with E-state index < -0.39 is 5.97 Å². The van der Waals surface area contributed by atoms with Crippen LogP contribution in [-0.4, -0.2) is 42.1 Å². The molecule has 1 aromatic carbocycles. The van der Waals surface area contributed by atoms with Crippen LogP contribution in [0.2, 0.25) is 0 Å². The van der Waals surface area contributed by atoms with E-state index in [2.05, 4.69) is 4.98 Å². The first-order valence-electron chi connectivity index (χ1n) is 13.6. The van der Waals surface area contributed by atoms with Crippen molar-refractivity contribution in [3.63, 3.8) is 0 Å². The Morgan fingerprint density at radius 1 is 1.02 bits per heavy atom. The SMILES string of the molecule is Cc1cccc(Oc2nc3ccccn3c(=O)c2/C=C2/SC(=S)N(CCCCCCCCCCC(=O)O)C2=O)c1. The van der Waals surface area contributed by atoms with Crippen molar-refractivity contribution in [3.8, 4) is 11.6 Å². The molecule has 0 atom stereocenters. The van der Waals surface area contributed by atoms with Gasteiger partial charge in [0.25, 0.3) is 11.5 Å². The summed E-state index contributed by atoms with van der Waals surface area (Å²) in [4.78, 5) is 43.8. The molecule has 1 saturated heterocycles. The van der Waals surface area contributed by atoms with E-state index in [1.807, 2.05) is 25.1 Å². The highest BCUT2D eigenvalue weighted by Crippen LogP contribution is 2.34. The monoisotopic (exact) mass is 579 g/mol. The lowest BCUT2D eigenvalue weighted by atomic mass is 10.1. The first-order chi connectivity index (χ1) is 19.3. The van der Waals surface area contributed by atoms with Crippen LogP contribution in [0.25, 0.3) is 11.7 Å². The number of carbonyl (C=O) groups is 2. The Balaban J connectivity index is 1.41. The smallest absolute Gasteiger partial charge is 0.303 e. The number of aromatic nitrogens is 2. The normalized spacial score (nSPS) is 14.4. The Morgan fingerprint density at radius 3 is 2.48 bits per heavy atom. The molecule has 8 nitrogen and oxygen atoms in total. The fourth-order valence-corrected chi connectivity index (χ4v) is 5.80. The van der Waals surface area contributed by atoms with Gasteiger partial charge in [0.15, 0.2) is 0 Å². The van der Waals surface area contributed by atoms with E-state index in [0.717, 1.165) is 56.9 Å². The predicted octanol–water partition coefficient (Wildman–Crippen LogP) is 6.59. The third-order valence-corrected chi connectivity index (χ3v) is 7.99. The number of thioether (sulfide) groups is 1. The van der Waals surface area contributed by atoms with Crippen molar-refractivity contribution in [1.82, 2.24) is 14.3 Å². The molecule has 10 heteroatoms. The van der Waals surface area contributed by atoms with Gasteiger partial charge in [-0.25, -0.2) is 0 Å². The molecule has 3 aromatic rings. The maximum atomic E-state index is 13.5. The summed E-state index contributed by atoms with van der Waals surface area (Å²) < 4.78 is 7.97. The highest BCUT2D eigenvalue weighted by molar-refractivity contribution is 8.26. The van der Waals surface area contributed by atoms with Crippen LogP contribution in [-0.2, 0) is 9.59 Å². The van der Waals surface area contributed by atoms with Gasteiger partial charge in [0.1, 0.15) is 21.3 Å². The zero-order valence-electron chi connectivity index (χ0n) is 22.5. The Bertz CT molecular complexity index is 1480. The minimum absolute atomic E-state index is 0.134. The molecule has 0 radical (unpaired) electrons. The molecule has 40 heavy (non-hydrogen) atoms. The fourth-order valence-electron chi connectivity index (χ4n) is 4.50. The molecule has 3 heterocycles. The number of benzene rings is 1. The number of carbonyl (C=O) groups excluding carboxylic acids is 1. The molecular weight excluding hydrogens is 546 g/mol. The topological polar surface area (TPSA) is 101 Å². The lowest BCUT2D eigenvalue weighted by Gasteiger charge is -2.14. The lowest BCUT2D eigenvalue weighted by Crippen LogP contribution is -2.29. The summed E-state index contributed by atoms with van der Waals surface area (Å²) >= 11 is 6.69. The Morgan fingerprint density at radius 2 is 1.75 bits per heavy atom. The van der Waals surface area contributed by atoms with E-state index in [-0.39, 0.29) is 29.3 Å². The van der Waals surface area contributed by atoms with Crippen molar-refractivity contribution in [2.45, 2.75) is 64.7 Å². The number of nitrogens with zero attached hydrogens (tertiary/aromatic N) is 3. The van der Waals surface area contributed by atoms with Crippen LogP contribution in [0.4, 0.5) is 0 Å². The largest absolute Gasteiger partial charge is 0.481 e. The van der Waals surface area contributed by atoms with Crippen LogP contribution in [0.15, 0.2) is 58.4 Å². The molecule has 0 unspecified atom stereocenters. The summed E-state index contributed by atoms with van der Waals surface area (Å²) in [5.74, 6) is -0.264. The van der Waals surface area contributed by atoms with Crippen molar-refractivity contribution in [2.24, 2.45) is 0 Å². The number of unbranched alkanes of at least 4 members (excludes halogenated alkanes) is 7. The number of fused-ring (bicyclic) bond motifs is 1. The number of hydrogen-bond donors (Lipinski definition) is 1. The summed E-state index contributed by atoms with van der Waals surface area (Å²) in [6.45, 7) is 2.48. The molecule has 0 spiro atoms. The third kappa shape index (κ3) is 7.79. The second kappa shape index (κ2) is 14.2.